The molecule has 1 fully saturated rings. The SMILES string of the molecule is CC.CC(=O)NC(C)C.CC1CCOC1. The Hall–Kier alpha value is -0.570. The smallest absolute Gasteiger partial charge is 0.217 e. The van der Waals surface area contributed by atoms with Gasteiger partial charge in [-0.15, -0.1) is 0 Å². The zero-order valence-electron chi connectivity index (χ0n) is 11.1. The van der Waals surface area contributed by atoms with E-state index >= 15 is 0 Å². The zero-order chi connectivity index (χ0) is 12.3. The van der Waals surface area contributed by atoms with E-state index in [2.05, 4.69) is 12.2 Å². The quantitative estimate of drug-likeness (QED) is 0.733. The fraction of sp³-hybridized carbons (Fsp3) is 0.917. The van der Waals surface area contributed by atoms with Gasteiger partial charge in [0.25, 0.3) is 0 Å². The molecule has 0 aromatic carbocycles. The molecule has 0 aromatic rings. The molecule has 0 aromatic heterocycles. The van der Waals surface area contributed by atoms with Gasteiger partial charge in [-0.05, 0) is 26.2 Å². The minimum atomic E-state index is 0.0370. The van der Waals surface area contributed by atoms with Crippen LogP contribution in [0.25, 0.3) is 0 Å². The molecular formula is C12H27NO2. The van der Waals surface area contributed by atoms with E-state index in [0.717, 1.165) is 19.1 Å². The maximum Gasteiger partial charge on any atom is 0.217 e. The van der Waals surface area contributed by atoms with Gasteiger partial charge in [0.15, 0.2) is 0 Å². The predicted octanol–water partition coefficient (Wildman–Crippen LogP) is 2.60. The standard InChI is InChI=1S/C5H11NO.C5H10O.C2H6/c1-4(2)6-5(3)7;1-5-2-3-6-4-5;1-2/h4H,1-3H3,(H,6,7);5H,2-4H2,1H3;1-2H3. The van der Waals surface area contributed by atoms with Crippen LogP contribution < -0.4 is 5.32 Å². The summed E-state index contributed by atoms with van der Waals surface area (Å²) in [5, 5.41) is 2.67. The van der Waals surface area contributed by atoms with Crippen molar-refractivity contribution in [2.24, 2.45) is 5.92 Å². The minimum Gasteiger partial charge on any atom is -0.381 e. The second kappa shape index (κ2) is 11.5. The molecule has 0 saturated carbocycles. The van der Waals surface area contributed by atoms with E-state index in [1.165, 1.54) is 13.3 Å². The molecule has 1 rings (SSSR count). The molecule has 1 saturated heterocycles. The number of hydrogen-bond donors (Lipinski definition) is 1. The summed E-state index contributed by atoms with van der Waals surface area (Å²) >= 11 is 0. The second-order valence-corrected chi connectivity index (χ2v) is 3.82. The van der Waals surface area contributed by atoms with Crippen LogP contribution in [0.1, 0.15) is 48.0 Å². The van der Waals surface area contributed by atoms with Crippen molar-refractivity contribution in [1.29, 1.82) is 0 Å². The van der Waals surface area contributed by atoms with Crippen molar-refractivity contribution >= 4 is 5.91 Å². The lowest BCUT2D eigenvalue weighted by Crippen LogP contribution is -2.27. The number of nitrogens with one attached hydrogen (secondary N) is 1. The summed E-state index contributed by atoms with van der Waals surface area (Å²) < 4.78 is 5.06. The third-order valence-corrected chi connectivity index (χ3v) is 1.65. The van der Waals surface area contributed by atoms with Crippen molar-refractivity contribution in [3.8, 4) is 0 Å². The second-order valence-electron chi connectivity index (χ2n) is 3.82. The summed E-state index contributed by atoms with van der Waals surface area (Å²) in [5.41, 5.74) is 0. The summed E-state index contributed by atoms with van der Waals surface area (Å²) in [7, 11) is 0. The Kier molecular flexibility index (Phi) is 12.9. The molecule has 0 aliphatic carbocycles. The molecular weight excluding hydrogens is 190 g/mol. The van der Waals surface area contributed by atoms with E-state index in [1.807, 2.05) is 27.7 Å². The monoisotopic (exact) mass is 217 g/mol. The third kappa shape index (κ3) is 16.1. The summed E-state index contributed by atoms with van der Waals surface area (Å²) in [5.74, 6) is 0.861. The number of amides is 1. The van der Waals surface area contributed by atoms with E-state index < -0.39 is 0 Å². The van der Waals surface area contributed by atoms with E-state index in [1.54, 1.807) is 0 Å². The molecule has 0 radical (unpaired) electrons. The average Bonchev–Trinajstić information content (AvgIpc) is 2.58. The highest BCUT2D eigenvalue weighted by atomic mass is 16.5. The molecule has 0 bridgehead atoms. The first-order valence-corrected chi connectivity index (χ1v) is 5.87. The van der Waals surface area contributed by atoms with Gasteiger partial charge in [0, 0.05) is 26.2 Å². The number of ether oxygens (including phenoxy) is 1. The predicted molar refractivity (Wildman–Crippen MR) is 64.9 cm³/mol. The van der Waals surface area contributed by atoms with Gasteiger partial charge in [-0.2, -0.15) is 0 Å². The molecule has 1 amide bonds. The van der Waals surface area contributed by atoms with Crippen LogP contribution in [0.3, 0.4) is 0 Å². The third-order valence-electron chi connectivity index (χ3n) is 1.65. The Morgan fingerprint density at radius 3 is 2.00 bits per heavy atom. The molecule has 1 aliphatic heterocycles. The van der Waals surface area contributed by atoms with Crippen molar-refractivity contribution in [3.63, 3.8) is 0 Å². The maximum atomic E-state index is 10.1. The first-order valence-electron chi connectivity index (χ1n) is 5.87. The van der Waals surface area contributed by atoms with Crippen LogP contribution in [0.4, 0.5) is 0 Å². The van der Waals surface area contributed by atoms with Crippen molar-refractivity contribution in [1.82, 2.24) is 5.32 Å². The summed E-state index contributed by atoms with van der Waals surface area (Å²) in [6.07, 6.45) is 1.26. The summed E-state index contributed by atoms with van der Waals surface area (Å²) in [6, 6.07) is 0.275. The highest BCUT2D eigenvalue weighted by Crippen LogP contribution is 2.09. The van der Waals surface area contributed by atoms with Crippen LogP contribution in [0.2, 0.25) is 0 Å². The lowest BCUT2D eigenvalue weighted by atomic mass is 10.2. The highest BCUT2D eigenvalue weighted by molar-refractivity contribution is 5.73. The first-order chi connectivity index (χ1) is 7.02. The number of rotatable bonds is 1. The Bertz CT molecular complexity index is 141. The van der Waals surface area contributed by atoms with Crippen LogP contribution in [0, 0.1) is 5.92 Å². The van der Waals surface area contributed by atoms with Gasteiger partial charge < -0.3 is 10.1 Å². The van der Waals surface area contributed by atoms with Crippen LogP contribution in [-0.2, 0) is 9.53 Å². The van der Waals surface area contributed by atoms with Crippen molar-refractivity contribution in [2.45, 2.75) is 54.0 Å². The molecule has 1 atom stereocenters. The minimum absolute atomic E-state index is 0.0370. The molecule has 1 N–H and O–H groups in total. The highest BCUT2D eigenvalue weighted by Gasteiger charge is 2.07. The van der Waals surface area contributed by atoms with Gasteiger partial charge in [0.05, 0.1) is 0 Å². The van der Waals surface area contributed by atoms with Gasteiger partial charge in [-0.1, -0.05) is 20.8 Å². The largest absolute Gasteiger partial charge is 0.381 e. The molecule has 3 nitrogen and oxygen atoms in total. The fourth-order valence-electron chi connectivity index (χ4n) is 1.06. The van der Waals surface area contributed by atoms with Crippen molar-refractivity contribution in [3.05, 3.63) is 0 Å². The summed E-state index contributed by atoms with van der Waals surface area (Å²) in [6.45, 7) is 13.6. The summed E-state index contributed by atoms with van der Waals surface area (Å²) in [4.78, 5) is 10.1. The van der Waals surface area contributed by atoms with Gasteiger partial charge in [0.1, 0.15) is 0 Å². The Morgan fingerprint density at radius 2 is 1.93 bits per heavy atom. The molecule has 1 heterocycles. The van der Waals surface area contributed by atoms with Gasteiger partial charge in [-0.3, -0.25) is 4.79 Å². The lowest BCUT2D eigenvalue weighted by Gasteiger charge is -2.02. The van der Waals surface area contributed by atoms with Gasteiger partial charge in [-0.25, -0.2) is 0 Å². The van der Waals surface area contributed by atoms with Crippen molar-refractivity contribution < 1.29 is 9.53 Å². The number of carbonyl (C=O) groups is 1. The first kappa shape index (κ1) is 16.8. The Labute approximate surface area is 94.6 Å². The zero-order valence-corrected chi connectivity index (χ0v) is 11.1. The van der Waals surface area contributed by atoms with Crippen molar-refractivity contribution in [2.75, 3.05) is 13.2 Å². The van der Waals surface area contributed by atoms with E-state index in [0.29, 0.717) is 0 Å². The number of carbonyl (C=O) groups excluding carboxylic acids is 1. The van der Waals surface area contributed by atoms with E-state index in [9.17, 15) is 4.79 Å². The molecule has 15 heavy (non-hydrogen) atoms. The van der Waals surface area contributed by atoms with Crippen LogP contribution in [0.15, 0.2) is 0 Å². The lowest BCUT2D eigenvalue weighted by molar-refractivity contribution is -0.119. The van der Waals surface area contributed by atoms with Crippen LogP contribution in [0.5, 0.6) is 0 Å². The van der Waals surface area contributed by atoms with Gasteiger partial charge in [0.2, 0.25) is 5.91 Å². The van der Waals surface area contributed by atoms with E-state index in [-0.39, 0.29) is 11.9 Å². The molecule has 0 spiro atoms. The number of hydrogen-bond acceptors (Lipinski definition) is 2. The molecule has 1 unspecified atom stereocenters. The van der Waals surface area contributed by atoms with Crippen LogP contribution in [-0.4, -0.2) is 25.2 Å². The molecule has 3 heteroatoms. The Balaban J connectivity index is 0. The fourth-order valence-corrected chi connectivity index (χ4v) is 1.06. The molecule has 1 aliphatic rings. The van der Waals surface area contributed by atoms with Crippen LogP contribution >= 0.6 is 0 Å². The Morgan fingerprint density at radius 1 is 1.40 bits per heavy atom. The molecule has 92 valence electrons. The average molecular weight is 217 g/mol. The normalized spacial score (nSPS) is 18.5. The van der Waals surface area contributed by atoms with Gasteiger partial charge >= 0.3 is 0 Å². The maximum absolute atomic E-state index is 10.1. The van der Waals surface area contributed by atoms with E-state index in [4.69, 9.17) is 4.74 Å². The topological polar surface area (TPSA) is 38.3 Å².